The van der Waals surface area contributed by atoms with Crippen molar-refractivity contribution < 1.29 is 4.79 Å². The second-order valence-electron chi connectivity index (χ2n) is 5.57. The normalized spacial score (nSPS) is 19.7. The second kappa shape index (κ2) is 5.33. The molecule has 0 radical (unpaired) electrons. The van der Waals surface area contributed by atoms with Crippen LogP contribution in [0, 0.1) is 6.92 Å². The number of fused-ring (bicyclic) bond motifs is 1. The van der Waals surface area contributed by atoms with Crippen LogP contribution in [-0.4, -0.2) is 43.7 Å². The number of carbonyl (C=O) groups is 1. The number of hydrogen-bond acceptors (Lipinski definition) is 3. The molecule has 7 heteroatoms. The number of imidazole rings is 1. The molecule has 1 atom stereocenters. The van der Waals surface area contributed by atoms with Crippen LogP contribution in [0.3, 0.4) is 0 Å². The average Bonchev–Trinajstić information content (AvgIpc) is 2.99. The van der Waals surface area contributed by atoms with Crippen molar-refractivity contribution in [3.05, 3.63) is 11.5 Å². The molecule has 6 nitrogen and oxygen atoms in total. The quantitative estimate of drug-likeness (QED) is 0.816. The Morgan fingerprint density at radius 1 is 1.43 bits per heavy atom. The van der Waals surface area contributed by atoms with Crippen LogP contribution in [0.25, 0.3) is 11.2 Å². The Balaban J connectivity index is 2.13. The number of halogens is 1. The highest BCUT2D eigenvalue weighted by atomic mass is 35.5. The van der Waals surface area contributed by atoms with Crippen LogP contribution in [0.15, 0.2) is 0 Å². The SMILES string of the molecule is CCn1nc(C)c2nc(CCl)n(C3CCC(=O)N(C)C3)c21. The highest BCUT2D eigenvalue weighted by molar-refractivity contribution is 6.16. The first-order valence-corrected chi connectivity index (χ1v) is 7.84. The zero-order valence-electron chi connectivity index (χ0n) is 12.6. The maximum absolute atomic E-state index is 11.7. The molecule has 3 heterocycles. The van der Waals surface area contributed by atoms with Crippen LogP contribution in [0.1, 0.15) is 37.3 Å². The van der Waals surface area contributed by atoms with Gasteiger partial charge in [-0.15, -0.1) is 11.6 Å². The fraction of sp³-hybridized carbons (Fsp3) is 0.643. The summed E-state index contributed by atoms with van der Waals surface area (Å²) < 4.78 is 4.17. The molecule has 1 aliphatic rings. The largest absolute Gasteiger partial charge is 0.344 e. The third-order valence-corrected chi connectivity index (χ3v) is 4.44. The summed E-state index contributed by atoms with van der Waals surface area (Å²) in [4.78, 5) is 18.2. The summed E-state index contributed by atoms with van der Waals surface area (Å²) in [6, 6.07) is 0.216. The molecule has 0 N–H and O–H groups in total. The topological polar surface area (TPSA) is 56.0 Å². The van der Waals surface area contributed by atoms with Crippen molar-refractivity contribution in [2.75, 3.05) is 13.6 Å². The number of likely N-dealkylation sites (tertiary alicyclic amines) is 1. The van der Waals surface area contributed by atoms with E-state index in [1.54, 1.807) is 4.90 Å². The molecule has 1 fully saturated rings. The summed E-state index contributed by atoms with van der Waals surface area (Å²) >= 11 is 6.10. The molecule has 3 rings (SSSR count). The number of aromatic nitrogens is 4. The molecule has 2 aromatic heterocycles. The van der Waals surface area contributed by atoms with Crippen LogP contribution in [0.5, 0.6) is 0 Å². The molecule has 114 valence electrons. The number of aryl methyl sites for hydroxylation is 2. The Labute approximate surface area is 128 Å². The first kappa shape index (κ1) is 14.4. The zero-order valence-corrected chi connectivity index (χ0v) is 13.4. The Morgan fingerprint density at radius 3 is 2.81 bits per heavy atom. The van der Waals surface area contributed by atoms with Gasteiger partial charge in [0.15, 0.2) is 5.65 Å². The van der Waals surface area contributed by atoms with Gasteiger partial charge in [0.1, 0.15) is 11.3 Å². The van der Waals surface area contributed by atoms with E-state index in [9.17, 15) is 4.79 Å². The van der Waals surface area contributed by atoms with E-state index < -0.39 is 0 Å². The highest BCUT2D eigenvalue weighted by Crippen LogP contribution is 2.29. The lowest BCUT2D eigenvalue weighted by Crippen LogP contribution is -2.38. The average molecular weight is 310 g/mol. The predicted octanol–water partition coefficient (Wildman–Crippen LogP) is 2.09. The monoisotopic (exact) mass is 309 g/mol. The molecule has 21 heavy (non-hydrogen) atoms. The Kier molecular flexibility index (Phi) is 3.65. The van der Waals surface area contributed by atoms with E-state index in [2.05, 4.69) is 21.6 Å². The van der Waals surface area contributed by atoms with Gasteiger partial charge in [0.2, 0.25) is 5.91 Å². The van der Waals surface area contributed by atoms with Gasteiger partial charge in [0.05, 0.1) is 17.6 Å². The third kappa shape index (κ3) is 2.21. The van der Waals surface area contributed by atoms with Gasteiger partial charge in [-0.05, 0) is 20.3 Å². The summed E-state index contributed by atoms with van der Waals surface area (Å²) in [6.45, 7) is 5.53. The van der Waals surface area contributed by atoms with Crippen LogP contribution in [0.2, 0.25) is 0 Å². The molecule has 0 bridgehead atoms. The number of likely N-dealkylation sites (N-methyl/N-ethyl adjacent to an activating group) is 1. The molecule has 1 aliphatic heterocycles. The van der Waals surface area contributed by atoms with Gasteiger partial charge >= 0.3 is 0 Å². The highest BCUT2D eigenvalue weighted by Gasteiger charge is 2.29. The van der Waals surface area contributed by atoms with Crippen molar-refractivity contribution in [1.29, 1.82) is 0 Å². The van der Waals surface area contributed by atoms with Gasteiger partial charge in [-0.25, -0.2) is 9.67 Å². The number of amides is 1. The lowest BCUT2D eigenvalue weighted by molar-refractivity contribution is -0.132. The van der Waals surface area contributed by atoms with E-state index in [0.717, 1.165) is 35.6 Å². The molecule has 2 aromatic rings. The summed E-state index contributed by atoms with van der Waals surface area (Å²) in [5, 5.41) is 4.54. The lowest BCUT2D eigenvalue weighted by atomic mass is 10.1. The number of piperidine rings is 1. The second-order valence-corrected chi connectivity index (χ2v) is 5.84. The van der Waals surface area contributed by atoms with Gasteiger partial charge in [-0.2, -0.15) is 5.10 Å². The zero-order chi connectivity index (χ0) is 15.1. The van der Waals surface area contributed by atoms with Crippen molar-refractivity contribution in [2.24, 2.45) is 0 Å². The van der Waals surface area contributed by atoms with Crippen LogP contribution < -0.4 is 0 Å². The third-order valence-electron chi connectivity index (χ3n) is 4.20. The van der Waals surface area contributed by atoms with E-state index in [-0.39, 0.29) is 11.9 Å². The Morgan fingerprint density at radius 2 is 2.19 bits per heavy atom. The summed E-state index contributed by atoms with van der Waals surface area (Å²) in [6.07, 6.45) is 1.40. The van der Waals surface area contributed by atoms with E-state index in [4.69, 9.17) is 11.6 Å². The van der Waals surface area contributed by atoms with Gasteiger partial charge < -0.3 is 9.47 Å². The molecule has 1 saturated heterocycles. The molecular weight excluding hydrogens is 290 g/mol. The molecule has 0 aliphatic carbocycles. The number of rotatable bonds is 3. The van der Waals surface area contributed by atoms with Crippen molar-refractivity contribution in [3.63, 3.8) is 0 Å². The minimum Gasteiger partial charge on any atom is -0.344 e. The fourth-order valence-corrected chi connectivity index (χ4v) is 3.32. The van der Waals surface area contributed by atoms with E-state index in [1.807, 2.05) is 18.7 Å². The molecule has 0 spiro atoms. The first-order chi connectivity index (χ1) is 10.1. The first-order valence-electron chi connectivity index (χ1n) is 7.31. The van der Waals surface area contributed by atoms with Gasteiger partial charge in [0, 0.05) is 26.6 Å². The summed E-state index contributed by atoms with van der Waals surface area (Å²) in [5.41, 5.74) is 2.88. The number of alkyl halides is 1. The van der Waals surface area contributed by atoms with Gasteiger partial charge in [0.25, 0.3) is 0 Å². The minimum absolute atomic E-state index is 0.204. The lowest BCUT2D eigenvalue weighted by Gasteiger charge is -2.31. The van der Waals surface area contributed by atoms with E-state index >= 15 is 0 Å². The summed E-state index contributed by atoms with van der Waals surface area (Å²) in [5.74, 6) is 1.43. The van der Waals surface area contributed by atoms with Crippen molar-refractivity contribution in [2.45, 2.75) is 45.2 Å². The van der Waals surface area contributed by atoms with Gasteiger partial charge in [-0.1, -0.05) is 0 Å². The standard InChI is InChI=1S/C14H20ClN5O/c1-4-19-14-13(9(2)17-19)16-11(7-15)20(14)10-5-6-12(21)18(3)8-10/h10H,4-8H2,1-3H3. The number of nitrogens with zero attached hydrogens (tertiary/aromatic N) is 5. The van der Waals surface area contributed by atoms with Crippen molar-refractivity contribution in [1.82, 2.24) is 24.2 Å². The molecule has 0 saturated carbocycles. The maximum atomic E-state index is 11.7. The van der Waals surface area contributed by atoms with Crippen LogP contribution >= 0.6 is 11.6 Å². The fourth-order valence-electron chi connectivity index (χ4n) is 3.13. The van der Waals surface area contributed by atoms with Crippen LogP contribution in [-0.2, 0) is 17.2 Å². The molecule has 1 unspecified atom stereocenters. The number of carbonyl (C=O) groups excluding carboxylic acids is 1. The van der Waals surface area contributed by atoms with Crippen LogP contribution in [0.4, 0.5) is 0 Å². The smallest absolute Gasteiger partial charge is 0.222 e. The molecular formula is C14H20ClN5O. The minimum atomic E-state index is 0.204. The Bertz CT molecular complexity index is 689. The van der Waals surface area contributed by atoms with Crippen molar-refractivity contribution in [3.8, 4) is 0 Å². The molecule has 0 aromatic carbocycles. The molecule has 1 amide bonds. The Hall–Kier alpha value is -1.56. The predicted molar refractivity (Wildman–Crippen MR) is 81.4 cm³/mol. The van der Waals surface area contributed by atoms with E-state index in [1.165, 1.54) is 0 Å². The number of hydrogen-bond donors (Lipinski definition) is 0. The van der Waals surface area contributed by atoms with Crippen molar-refractivity contribution >= 4 is 28.7 Å². The maximum Gasteiger partial charge on any atom is 0.222 e. The summed E-state index contributed by atoms with van der Waals surface area (Å²) in [7, 11) is 1.85. The van der Waals surface area contributed by atoms with E-state index in [0.29, 0.717) is 18.8 Å². The van der Waals surface area contributed by atoms with Gasteiger partial charge in [-0.3, -0.25) is 4.79 Å².